The third-order valence-corrected chi connectivity index (χ3v) is 24.1. The van der Waals surface area contributed by atoms with Crippen molar-refractivity contribution < 1.29 is 96.9 Å². The molecule has 7 rings (SSSR count). The van der Waals surface area contributed by atoms with Crippen LogP contribution in [0.2, 0.25) is 0 Å². The van der Waals surface area contributed by atoms with Crippen molar-refractivity contribution in [3.05, 3.63) is 174 Å². The maximum absolute atomic E-state index is 13.9. The fraction of sp³-hybridized carbons (Fsp3) is 0.568. The minimum atomic E-state index is -3.84. The number of carboxylic acids is 1. The van der Waals surface area contributed by atoms with Crippen molar-refractivity contribution in [1.82, 2.24) is 14.6 Å². The maximum atomic E-state index is 13.9. The molecule has 6 aromatic rings. The minimum Gasteiger partial charge on any atom is -0.478 e. The topological polar surface area (TPSA) is 313 Å². The highest BCUT2D eigenvalue weighted by Crippen LogP contribution is 2.57. The summed E-state index contributed by atoms with van der Waals surface area (Å²) in [6, 6.07) is 21.8. The molecule has 1 aromatic heterocycles. The van der Waals surface area contributed by atoms with E-state index in [1.54, 1.807) is 95.2 Å². The second kappa shape index (κ2) is 49.4. The molecule has 0 spiro atoms. The molecule has 1 saturated carbocycles. The summed E-state index contributed by atoms with van der Waals surface area (Å²) in [7, 11) is -8.64. The quantitative estimate of drug-likeness (QED) is 0.0168. The van der Waals surface area contributed by atoms with Gasteiger partial charge in [-0.2, -0.15) is 13.5 Å². The molecular weight excluding hydrogens is 2040 g/mol. The Morgan fingerprint density at radius 3 is 1.26 bits per heavy atom. The van der Waals surface area contributed by atoms with Crippen LogP contribution in [0, 0.1) is 43.4 Å². The first-order chi connectivity index (χ1) is 52.3. The number of halogens is 10. The lowest BCUT2D eigenvalue weighted by molar-refractivity contribution is 0.000193. The maximum Gasteiger partial charge on any atom is 0.475 e. The number of rotatable bonds is 24. The van der Waals surface area contributed by atoms with Gasteiger partial charge in [0, 0.05) is 56.3 Å². The largest absolute Gasteiger partial charge is 0.478 e. The lowest BCUT2D eigenvalue weighted by Gasteiger charge is -2.41. The number of nitrogen functional groups attached to an aromatic ring is 1. The number of aliphatic hydroxyl groups is 3. The number of hydrogen-bond acceptors (Lipinski definition) is 20. The highest BCUT2D eigenvalue weighted by Gasteiger charge is 2.40. The van der Waals surface area contributed by atoms with Gasteiger partial charge < -0.3 is 46.7 Å². The van der Waals surface area contributed by atoms with Crippen molar-refractivity contribution in [2.75, 3.05) is 32.2 Å². The van der Waals surface area contributed by atoms with Gasteiger partial charge in [0.05, 0.1) is 89.1 Å². The summed E-state index contributed by atoms with van der Waals surface area (Å²) in [6.07, 6.45) is 0.187. The summed E-state index contributed by atoms with van der Waals surface area (Å²) in [5.41, 5.74) is 17.6. The first-order valence-electron chi connectivity index (χ1n) is 37.2. The van der Waals surface area contributed by atoms with E-state index in [4.69, 9.17) is 68.7 Å². The fourth-order valence-electron chi connectivity index (χ4n) is 10.1. The number of aromatic nitrogens is 2. The van der Waals surface area contributed by atoms with Gasteiger partial charge in [0.15, 0.2) is 0 Å². The van der Waals surface area contributed by atoms with Crippen LogP contribution in [-0.4, -0.2) is 125 Å². The van der Waals surface area contributed by atoms with Crippen LogP contribution >= 0.6 is 128 Å². The number of aliphatic hydroxyl groups excluding tert-OH is 3. The average molecular weight is 2170 g/mol. The Kier molecular flexibility index (Phi) is 47.5. The number of hydrogen-bond donors (Lipinski definition) is 7. The molecule has 1 aliphatic carbocycles. The molecule has 0 amide bonds. The number of benzene rings is 5. The number of alkyl halides is 1. The number of aromatic carboxylic acids is 1. The molecular formula is C81H123F6I4N6O15P3S. The van der Waals surface area contributed by atoms with E-state index in [-0.39, 0.29) is 110 Å². The molecule has 658 valence electrons. The molecule has 0 saturated heterocycles. The average Bonchev–Trinajstić information content (AvgIpc) is 0.803. The van der Waals surface area contributed by atoms with Crippen molar-refractivity contribution in [3.8, 4) is 11.3 Å². The lowest BCUT2D eigenvalue weighted by Crippen LogP contribution is -2.37. The summed E-state index contributed by atoms with van der Waals surface area (Å²) in [6.45, 7) is 46.1. The van der Waals surface area contributed by atoms with E-state index >= 15 is 0 Å². The van der Waals surface area contributed by atoms with Gasteiger partial charge in [0.25, 0.3) is 8.53 Å². The van der Waals surface area contributed by atoms with Gasteiger partial charge in [-0.15, -0.1) is 0 Å². The van der Waals surface area contributed by atoms with Crippen LogP contribution in [0.3, 0.4) is 0 Å². The van der Waals surface area contributed by atoms with Crippen LogP contribution < -0.4 is 17.2 Å². The Morgan fingerprint density at radius 1 is 0.552 bits per heavy atom. The monoisotopic (exact) mass is 2170 g/mol. The number of phosphoric ester groups is 2. The van der Waals surface area contributed by atoms with E-state index in [1.807, 2.05) is 71.2 Å². The number of carboxylic acid groups (broad SMARTS) is 1. The van der Waals surface area contributed by atoms with Gasteiger partial charge in [-0.05, 0) is 369 Å². The molecule has 7 atom stereocenters. The first kappa shape index (κ1) is 112. The molecule has 0 bridgehead atoms. The van der Waals surface area contributed by atoms with Crippen LogP contribution in [0.1, 0.15) is 254 Å². The third-order valence-electron chi connectivity index (χ3n) is 14.8. The molecule has 0 radical (unpaired) electrons. The zero-order valence-electron chi connectivity index (χ0n) is 70.9. The summed E-state index contributed by atoms with van der Waals surface area (Å²) in [4.78, 5) is 19.4. The standard InChI is InChI=1S/C17H17F2N3O3.C17H27FIO4P.C16H26FINO4P.C14H32NO2P.C9H10FIO.C8H9FINO.H2S/c18-11-6-9(1-3-10(11)17(24)25)15-16(20)21-7-13(22-15)8-2-4-14(23)12(19)5-8;1-12(13-8-14(18)10-15(19)9-13)11-21-24(20,22-16(2,3)4)23-17(5,6)7;1-15(2,3)22-24(20,23-16(4,5)6)21-10-14(19)11-7-12(17)9-13(18)8-11;1-11(2)15(12(3)4)18(16-13(5,6)7)17-14(8,9)10;1-6(5-12)7-2-8(10)4-9(11)3-7;9-6-1-5(8(11)4-12)2-7(10)3-6;/h1,3,6-8,12,14,23H,2,4-5H2,(H2,20,21)(H,24,25);8-10,12H,11H2,1-7H3;7-9,14H,10,19H2,1-6H3;11-12H,1-10H3;2-4,6,12H,5H2,1H3;1-3,8,12H,4,11H2;1H2/t8-,12-,14-;12-;14-;;6-;8-;/m011.11./s1. The molecule has 116 heavy (non-hydrogen) atoms. The van der Waals surface area contributed by atoms with Gasteiger partial charge in [-0.3, -0.25) is 27.1 Å². The van der Waals surface area contributed by atoms with E-state index in [9.17, 15) is 45.4 Å². The summed E-state index contributed by atoms with van der Waals surface area (Å²) < 4.78 is 157. The Bertz CT molecular complexity index is 3830. The van der Waals surface area contributed by atoms with Crippen LogP contribution in [0.15, 0.2) is 97.2 Å². The van der Waals surface area contributed by atoms with E-state index in [0.717, 1.165) is 37.5 Å². The first-order valence-corrected chi connectivity index (χ1v) is 45.5. The van der Waals surface area contributed by atoms with E-state index in [0.29, 0.717) is 47.3 Å². The van der Waals surface area contributed by atoms with E-state index in [1.165, 1.54) is 60.8 Å². The SMILES string of the molecule is CC(C)(C)OP(=O)(OC[C@@H](N)c1cc(F)cc(I)c1)OC(C)(C)C.CC(C)N(C(C)C)P(OC(C)(C)C)OC(C)(C)C.C[C@H](CO)c1cc(F)cc(I)c1.C[C@H](COP(=O)(OC(C)(C)C)OC(C)(C)C)c1cc(F)cc(I)c1.N[C@H](CO)c1cc(F)cc(I)c1.Nc1ncc([C@H]2CC[C@H](O)[C@@H](F)C2)nc1-c1ccc(C(=O)O)c(F)c1.S. The van der Waals surface area contributed by atoms with Crippen molar-refractivity contribution >= 4 is 140 Å². The van der Waals surface area contributed by atoms with Crippen LogP contribution in [-0.2, 0) is 45.3 Å². The minimum absolute atomic E-state index is 0. The second-order valence-electron chi connectivity index (χ2n) is 33.8. The molecule has 1 heterocycles. The zero-order chi connectivity index (χ0) is 88.7. The smallest absolute Gasteiger partial charge is 0.475 e. The Balaban J connectivity index is 0.000000709. The summed E-state index contributed by atoms with van der Waals surface area (Å²) in [5.74, 6) is -3.81. The second-order valence-corrected chi connectivity index (χ2v) is 43.1. The molecule has 5 aromatic carbocycles. The number of carbonyl (C=O) groups is 1. The Morgan fingerprint density at radius 2 is 0.922 bits per heavy atom. The van der Waals surface area contributed by atoms with Crippen molar-refractivity contribution in [2.24, 2.45) is 11.5 Å². The molecule has 1 aliphatic rings. The highest BCUT2D eigenvalue weighted by molar-refractivity contribution is 14.1. The number of nitrogens with zero attached hydrogens (tertiary/aromatic N) is 3. The molecule has 21 nitrogen and oxygen atoms in total. The molecule has 0 aliphatic heterocycles. The Hall–Kier alpha value is -2.37. The zero-order valence-corrected chi connectivity index (χ0v) is 83.2. The van der Waals surface area contributed by atoms with Crippen LogP contribution in [0.5, 0.6) is 0 Å². The van der Waals surface area contributed by atoms with Gasteiger partial charge in [0.1, 0.15) is 46.8 Å². The molecule has 10 N–H and O–H groups in total. The van der Waals surface area contributed by atoms with E-state index in [2.05, 4.69) is 129 Å². The summed E-state index contributed by atoms with van der Waals surface area (Å²) in [5, 5.41) is 36.0. The van der Waals surface area contributed by atoms with Gasteiger partial charge in [0.2, 0.25) is 0 Å². The molecule has 1 fully saturated rings. The van der Waals surface area contributed by atoms with Crippen molar-refractivity contribution in [2.45, 2.75) is 273 Å². The van der Waals surface area contributed by atoms with Gasteiger partial charge in [-0.25, -0.2) is 54.9 Å². The molecule has 35 heteroatoms. The lowest BCUT2D eigenvalue weighted by atomic mass is 9.84. The normalized spacial score (nSPS) is 16.0. The summed E-state index contributed by atoms with van der Waals surface area (Å²) >= 11 is 8.13. The predicted octanol–water partition coefficient (Wildman–Crippen LogP) is 23.0. The number of anilines is 1. The van der Waals surface area contributed by atoms with Crippen LogP contribution in [0.4, 0.5) is 32.2 Å². The van der Waals surface area contributed by atoms with Gasteiger partial charge in [-0.1, -0.05) is 19.9 Å². The highest BCUT2D eigenvalue weighted by atomic mass is 127. The van der Waals surface area contributed by atoms with Crippen molar-refractivity contribution in [3.63, 3.8) is 0 Å². The van der Waals surface area contributed by atoms with Gasteiger partial charge >= 0.3 is 21.6 Å². The van der Waals surface area contributed by atoms with Crippen molar-refractivity contribution in [1.29, 1.82) is 0 Å². The molecule has 0 unspecified atom stereocenters. The number of phosphoric acid groups is 2. The van der Waals surface area contributed by atoms with E-state index < -0.39 is 88.3 Å². The van der Waals surface area contributed by atoms with Crippen LogP contribution in [0.25, 0.3) is 11.3 Å². The third kappa shape index (κ3) is 44.8. The fourth-order valence-corrected chi connectivity index (χ4v) is 18.4. The Labute approximate surface area is 746 Å². The predicted molar refractivity (Wildman–Crippen MR) is 489 cm³/mol. The number of nitrogens with two attached hydrogens (primary N) is 3.